The maximum absolute atomic E-state index is 12.6. The van der Waals surface area contributed by atoms with Gasteiger partial charge in [-0.1, -0.05) is 36.4 Å². The average molecular weight is 440 g/mol. The van der Waals surface area contributed by atoms with Crippen LogP contribution in [-0.4, -0.2) is 83.2 Å². The lowest BCUT2D eigenvalue weighted by Gasteiger charge is -2.43. The molecule has 4 rings (SSSR count). The number of nitrogens with zero attached hydrogens (tertiary/aromatic N) is 3. The first kappa shape index (κ1) is 23.3. The lowest BCUT2D eigenvalue weighted by Crippen LogP contribution is -2.53. The Morgan fingerprint density at radius 3 is 1.69 bits per heavy atom. The van der Waals surface area contributed by atoms with Gasteiger partial charge in [-0.15, -0.1) is 0 Å². The molecule has 0 aliphatic carbocycles. The zero-order valence-corrected chi connectivity index (χ0v) is 18.0. The van der Waals surface area contributed by atoms with Gasteiger partial charge >= 0.3 is 11.9 Å². The van der Waals surface area contributed by atoms with Crippen LogP contribution in [0.25, 0.3) is 0 Å². The predicted octanol–water partition coefficient (Wildman–Crippen LogP) is 2.27. The summed E-state index contributed by atoms with van der Waals surface area (Å²) < 4.78 is 0. The lowest BCUT2D eigenvalue weighted by molar-refractivity contribution is -0.159. The Kier molecular flexibility index (Phi) is 8.21. The van der Waals surface area contributed by atoms with Crippen LogP contribution in [0.3, 0.4) is 0 Å². The minimum Gasteiger partial charge on any atom is -0.473 e. The molecule has 1 amide bonds. The predicted molar refractivity (Wildman–Crippen MR) is 121 cm³/mol. The van der Waals surface area contributed by atoms with Crippen LogP contribution in [0.4, 0.5) is 5.69 Å². The number of carbonyl (C=O) groups is 3. The maximum atomic E-state index is 12.6. The molecular formula is C24H29N3O5. The Morgan fingerprint density at radius 1 is 0.688 bits per heavy atom. The van der Waals surface area contributed by atoms with Crippen molar-refractivity contribution in [2.75, 3.05) is 44.2 Å². The molecule has 0 aromatic heterocycles. The van der Waals surface area contributed by atoms with Gasteiger partial charge in [-0.05, 0) is 37.1 Å². The van der Waals surface area contributed by atoms with E-state index in [1.165, 1.54) is 5.69 Å². The summed E-state index contributed by atoms with van der Waals surface area (Å²) >= 11 is 0. The standard InChI is InChI=1S/C22H27N3O.C2H2O4/c26-22(19-7-3-1-4-8-19)25-13-11-21(12-14-25)24-17-15-23(16-18-24)20-9-5-2-6-10-20;3-1(4)2(5)6/h1-10,21H,11-18H2;(H,3,4)(H,5,6). The van der Waals surface area contributed by atoms with Crippen molar-refractivity contribution in [3.8, 4) is 0 Å². The van der Waals surface area contributed by atoms with Gasteiger partial charge in [-0.2, -0.15) is 0 Å². The topological polar surface area (TPSA) is 101 Å². The van der Waals surface area contributed by atoms with Crippen molar-refractivity contribution < 1.29 is 24.6 Å². The van der Waals surface area contributed by atoms with Crippen LogP contribution in [0.1, 0.15) is 23.2 Å². The number of hydrogen-bond acceptors (Lipinski definition) is 5. The number of anilines is 1. The molecule has 0 unspecified atom stereocenters. The number of piperidine rings is 1. The molecule has 2 fully saturated rings. The third-order valence-electron chi connectivity index (χ3n) is 5.91. The Bertz CT molecular complexity index is 878. The number of aliphatic carboxylic acids is 2. The van der Waals surface area contributed by atoms with Gasteiger partial charge in [0.2, 0.25) is 0 Å². The fourth-order valence-electron chi connectivity index (χ4n) is 4.18. The van der Waals surface area contributed by atoms with Crippen LogP contribution in [0.15, 0.2) is 60.7 Å². The minimum absolute atomic E-state index is 0.179. The molecule has 0 bridgehead atoms. The second kappa shape index (κ2) is 11.3. The third kappa shape index (κ3) is 6.31. The lowest BCUT2D eigenvalue weighted by atomic mass is 10.0. The number of rotatable bonds is 3. The summed E-state index contributed by atoms with van der Waals surface area (Å²) in [6, 6.07) is 21.0. The number of carbonyl (C=O) groups excluding carboxylic acids is 1. The smallest absolute Gasteiger partial charge is 0.414 e. The fourth-order valence-corrected chi connectivity index (χ4v) is 4.18. The molecule has 2 saturated heterocycles. The minimum atomic E-state index is -1.82. The number of piperazine rings is 1. The monoisotopic (exact) mass is 439 g/mol. The molecular weight excluding hydrogens is 410 g/mol. The van der Waals surface area contributed by atoms with Gasteiger partial charge < -0.3 is 20.0 Å². The first-order valence-corrected chi connectivity index (χ1v) is 10.8. The highest BCUT2D eigenvalue weighted by molar-refractivity contribution is 6.27. The first-order chi connectivity index (χ1) is 15.5. The third-order valence-corrected chi connectivity index (χ3v) is 5.91. The van der Waals surface area contributed by atoms with E-state index in [0.29, 0.717) is 6.04 Å². The highest BCUT2D eigenvalue weighted by atomic mass is 16.4. The Balaban J connectivity index is 0.000000427. The summed E-state index contributed by atoms with van der Waals surface area (Å²) in [6.45, 7) is 6.16. The number of carboxylic acids is 2. The summed E-state index contributed by atoms with van der Waals surface area (Å²) in [5.74, 6) is -3.47. The molecule has 8 heteroatoms. The maximum Gasteiger partial charge on any atom is 0.414 e. The van der Waals surface area contributed by atoms with E-state index in [4.69, 9.17) is 19.8 Å². The summed E-state index contributed by atoms with van der Waals surface area (Å²) in [7, 11) is 0. The zero-order valence-electron chi connectivity index (χ0n) is 18.0. The molecule has 2 aromatic carbocycles. The van der Waals surface area contributed by atoms with Gasteiger partial charge in [0.05, 0.1) is 0 Å². The van der Waals surface area contributed by atoms with Crippen molar-refractivity contribution in [1.29, 1.82) is 0 Å². The van der Waals surface area contributed by atoms with Crippen LogP contribution in [0, 0.1) is 0 Å². The van der Waals surface area contributed by atoms with Gasteiger partial charge in [0, 0.05) is 56.6 Å². The van der Waals surface area contributed by atoms with E-state index in [1.807, 2.05) is 35.2 Å². The molecule has 0 spiro atoms. The molecule has 0 radical (unpaired) electrons. The van der Waals surface area contributed by atoms with Gasteiger partial charge in [-0.3, -0.25) is 9.69 Å². The van der Waals surface area contributed by atoms with Gasteiger partial charge in [0.25, 0.3) is 5.91 Å². The van der Waals surface area contributed by atoms with Crippen LogP contribution >= 0.6 is 0 Å². The van der Waals surface area contributed by atoms with E-state index in [-0.39, 0.29) is 5.91 Å². The SMILES string of the molecule is O=C(O)C(=O)O.O=C(c1ccccc1)N1CCC(N2CCN(c3ccccc3)CC2)CC1. The first-order valence-electron chi connectivity index (χ1n) is 10.8. The molecule has 32 heavy (non-hydrogen) atoms. The Hall–Kier alpha value is -3.39. The second-order valence-corrected chi connectivity index (χ2v) is 7.86. The van der Waals surface area contributed by atoms with Gasteiger partial charge in [0.15, 0.2) is 0 Å². The van der Waals surface area contributed by atoms with Crippen LogP contribution in [0.2, 0.25) is 0 Å². The number of amides is 1. The Morgan fingerprint density at radius 2 is 1.19 bits per heavy atom. The van der Waals surface area contributed by atoms with Crippen molar-refractivity contribution >= 4 is 23.5 Å². The van der Waals surface area contributed by atoms with Crippen molar-refractivity contribution in [3.05, 3.63) is 66.2 Å². The molecule has 0 atom stereocenters. The van der Waals surface area contributed by atoms with E-state index in [9.17, 15) is 4.79 Å². The van der Waals surface area contributed by atoms with Gasteiger partial charge in [-0.25, -0.2) is 9.59 Å². The van der Waals surface area contributed by atoms with Crippen LogP contribution < -0.4 is 4.90 Å². The van der Waals surface area contributed by atoms with E-state index in [2.05, 4.69) is 40.1 Å². The zero-order chi connectivity index (χ0) is 22.9. The molecule has 2 heterocycles. The normalized spacial score (nSPS) is 17.2. The van der Waals surface area contributed by atoms with Crippen LogP contribution in [0.5, 0.6) is 0 Å². The van der Waals surface area contributed by atoms with Gasteiger partial charge in [0.1, 0.15) is 0 Å². The summed E-state index contributed by atoms with van der Waals surface area (Å²) in [4.78, 5) is 37.9. The van der Waals surface area contributed by atoms with Crippen molar-refractivity contribution in [3.63, 3.8) is 0 Å². The van der Waals surface area contributed by atoms with E-state index in [1.54, 1.807) is 0 Å². The number of para-hydroxylation sites is 1. The number of carboxylic acid groups (broad SMARTS) is 2. The molecule has 2 N–H and O–H groups in total. The number of likely N-dealkylation sites (tertiary alicyclic amines) is 1. The number of benzene rings is 2. The Labute approximate surface area is 187 Å². The largest absolute Gasteiger partial charge is 0.473 e. The quantitative estimate of drug-likeness (QED) is 0.708. The molecule has 0 saturated carbocycles. The highest BCUT2D eigenvalue weighted by Gasteiger charge is 2.29. The van der Waals surface area contributed by atoms with E-state index >= 15 is 0 Å². The molecule has 170 valence electrons. The molecule has 8 nitrogen and oxygen atoms in total. The number of hydrogen-bond donors (Lipinski definition) is 2. The molecule has 2 aromatic rings. The average Bonchev–Trinajstić information content (AvgIpc) is 2.85. The fraction of sp³-hybridized carbons (Fsp3) is 0.375. The van der Waals surface area contributed by atoms with E-state index < -0.39 is 11.9 Å². The molecule has 2 aliphatic heterocycles. The summed E-state index contributed by atoms with van der Waals surface area (Å²) in [5.41, 5.74) is 2.14. The van der Waals surface area contributed by atoms with E-state index in [0.717, 1.165) is 57.7 Å². The summed E-state index contributed by atoms with van der Waals surface area (Å²) in [5, 5.41) is 14.8. The second-order valence-electron chi connectivity index (χ2n) is 7.86. The molecule has 2 aliphatic rings. The highest BCUT2D eigenvalue weighted by Crippen LogP contribution is 2.22. The van der Waals surface area contributed by atoms with Crippen LogP contribution in [-0.2, 0) is 9.59 Å². The van der Waals surface area contributed by atoms with Crippen molar-refractivity contribution in [2.45, 2.75) is 18.9 Å². The van der Waals surface area contributed by atoms with Crippen molar-refractivity contribution in [2.24, 2.45) is 0 Å². The van der Waals surface area contributed by atoms with Crippen molar-refractivity contribution in [1.82, 2.24) is 9.80 Å². The summed E-state index contributed by atoms with van der Waals surface area (Å²) in [6.07, 6.45) is 2.17.